The van der Waals surface area contributed by atoms with Gasteiger partial charge < -0.3 is 4.74 Å². The number of hydrogen-bond donors (Lipinski definition) is 1. The number of rotatable bonds is 7. The summed E-state index contributed by atoms with van der Waals surface area (Å²) in [6, 6.07) is 23.8. The molecule has 0 radical (unpaired) electrons. The van der Waals surface area contributed by atoms with E-state index in [0.29, 0.717) is 12.3 Å². The van der Waals surface area contributed by atoms with Crippen LogP contribution in [0.2, 0.25) is 0 Å². The smallest absolute Gasteiger partial charge is 0.280 e. The molecule has 1 atom stereocenters. The number of nitrogens with zero attached hydrogens (tertiary/aromatic N) is 3. The van der Waals surface area contributed by atoms with Crippen LogP contribution in [0, 0.1) is 0 Å². The van der Waals surface area contributed by atoms with Gasteiger partial charge in [0.05, 0.1) is 19.0 Å². The fourth-order valence-corrected chi connectivity index (χ4v) is 3.06. The van der Waals surface area contributed by atoms with Crippen LogP contribution in [0.5, 0.6) is 5.75 Å². The van der Waals surface area contributed by atoms with Crippen molar-refractivity contribution in [3.63, 3.8) is 0 Å². The lowest BCUT2D eigenvalue weighted by molar-refractivity contribution is -0.127. The van der Waals surface area contributed by atoms with Crippen LogP contribution in [0.3, 0.4) is 0 Å². The van der Waals surface area contributed by atoms with Crippen LogP contribution in [-0.2, 0) is 11.3 Å². The Labute approximate surface area is 174 Å². The standard InChI is InChI=1S/C24H22N4O2/c1-18(30-23-12-11-21-9-5-6-10-22(21)13-23)24(29)27-25-14-20-15-26-28(17-20)16-19-7-3-2-4-8-19/h2-15,17-18H,16H2,1H3,(H,27,29)/b25-14-/t18-/m0/s1. The van der Waals surface area contributed by atoms with Crippen molar-refractivity contribution in [1.29, 1.82) is 0 Å². The fraction of sp³-hybridized carbons (Fsp3) is 0.125. The van der Waals surface area contributed by atoms with Crippen molar-refractivity contribution in [3.8, 4) is 5.75 Å². The first-order chi connectivity index (χ1) is 14.7. The maximum atomic E-state index is 12.3. The molecule has 3 aromatic carbocycles. The summed E-state index contributed by atoms with van der Waals surface area (Å²) in [5.41, 5.74) is 4.48. The third kappa shape index (κ3) is 4.91. The summed E-state index contributed by atoms with van der Waals surface area (Å²) in [5.74, 6) is 0.318. The number of amides is 1. The van der Waals surface area contributed by atoms with E-state index in [-0.39, 0.29) is 5.91 Å². The first kappa shape index (κ1) is 19.4. The molecular weight excluding hydrogens is 376 g/mol. The lowest BCUT2D eigenvalue weighted by Crippen LogP contribution is -2.33. The molecule has 1 heterocycles. The van der Waals surface area contributed by atoms with Crippen molar-refractivity contribution < 1.29 is 9.53 Å². The molecule has 0 saturated carbocycles. The summed E-state index contributed by atoms with van der Waals surface area (Å²) >= 11 is 0. The molecule has 6 nitrogen and oxygen atoms in total. The van der Waals surface area contributed by atoms with Gasteiger partial charge in [0, 0.05) is 11.8 Å². The molecule has 0 saturated heterocycles. The topological polar surface area (TPSA) is 68.5 Å². The molecular formula is C24H22N4O2. The van der Waals surface area contributed by atoms with Crippen LogP contribution < -0.4 is 10.2 Å². The Kier molecular flexibility index (Phi) is 5.85. The van der Waals surface area contributed by atoms with Crippen molar-refractivity contribution in [2.24, 2.45) is 5.10 Å². The Hall–Kier alpha value is -3.93. The molecule has 1 aromatic heterocycles. The van der Waals surface area contributed by atoms with Gasteiger partial charge in [-0.2, -0.15) is 10.2 Å². The monoisotopic (exact) mass is 398 g/mol. The number of carbonyl (C=O) groups is 1. The van der Waals surface area contributed by atoms with Gasteiger partial charge in [0.25, 0.3) is 5.91 Å². The minimum absolute atomic E-state index is 0.323. The minimum Gasteiger partial charge on any atom is -0.481 e. The van der Waals surface area contributed by atoms with Crippen LogP contribution in [0.15, 0.2) is 90.3 Å². The second-order valence-corrected chi connectivity index (χ2v) is 6.96. The van der Waals surface area contributed by atoms with Gasteiger partial charge in [-0.15, -0.1) is 0 Å². The number of ether oxygens (including phenoxy) is 1. The molecule has 0 fully saturated rings. The molecule has 6 heteroatoms. The Morgan fingerprint density at radius 1 is 1.10 bits per heavy atom. The first-order valence-corrected chi connectivity index (χ1v) is 9.72. The molecule has 4 rings (SSSR count). The second-order valence-electron chi connectivity index (χ2n) is 6.96. The van der Waals surface area contributed by atoms with Gasteiger partial charge in [0.1, 0.15) is 5.75 Å². The average Bonchev–Trinajstić information content (AvgIpc) is 3.21. The molecule has 150 valence electrons. The normalized spacial score (nSPS) is 12.2. The van der Waals surface area contributed by atoms with Gasteiger partial charge in [0.15, 0.2) is 6.10 Å². The van der Waals surface area contributed by atoms with Crippen LogP contribution in [0.1, 0.15) is 18.1 Å². The zero-order valence-electron chi connectivity index (χ0n) is 16.6. The Morgan fingerprint density at radius 2 is 1.87 bits per heavy atom. The Balaban J connectivity index is 1.30. The number of benzene rings is 3. The molecule has 4 aromatic rings. The predicted molar refractivity (Wildman–Crippen MR) is 118 cm³/mol. The van der Waals surface area contributed by atoms with E-state index in [2.05, 4.69) is 15.6 Å². The maximum Gasteiger partial charge on any atom is 0.280 e. The van der Waals surface area contributed by atoms with E-state index in [1.165, 1.54) is 0 Å². The van der Waals surface area contributed by atoms with Crippen LogP contribution in [0.25, 0.3) is 10.8 Å². The van der Waals surface area contributed by atoms with Crippen molar-refractivity contribution in [3.05, 3.63) is 96.3 Å². The van der Waals surface area contributed by atoms with Gasteiger partial charge >= 0.3 is 0 Å². The Bertz CT molecular complexity index is 1170. The highest BCUT2D eigenvalue weighted by Crippen LogP contribution is 2.21. The molecule has 0 spiro atoms. The molecule has 0 aliphatic heterocycles. The first-order valence-electron chi connectivity index (χ1n) is 9.72. The summed E-state index contributed by atoms with van der Waals surface area (Å²) in [5, 5.41) is 10.5. The predicted octanol–water partition coefficient (Wildman–Crippen LogP) is 4.00. The quantitative estimate of drug-likeness (QED) is 0.378. The maximum absolute atomic E-state index is 12.3. The zero-order chi connectivity index (χ0) is 20.8. The number of nitrogens with one attached hydrogen (secondary N) is 1. The van der Waals surface area contributed by atoms with E-state index in [9.17, 15) is 4.79 Å². The SMILES string of the molecule is C[C@H](Oc1ccc2ccccc2c1)C(=O)N/N=C\c1cnn(Cc2ccccc2)c1. The summed E-state index contributed by atoms with van der Waals surface area (Å²) in [6.45, 7) is 2.37. The summed E-state index contributed by atoms with van der Waals surface area (Å²) in [6.07, 6.45) is 4.46. The minimum atomic E-state index is -0.677. The van der Waals surface area contributed by atoms with E-state index in [0.717, 1.165) is 21.9 Å². The summed E-state index contributed by atoms with van der Waals surface area (Å²) in [4.78, 5) is 12.3. The van der Waals surface area contributed by atoms with Gasteiger partial charge in [-0.1, -0.05) is 60.7 Å². The Morgan fingerprint density at radius 3 is 2.70 bits per heavy atom. The fourth-order valence-electron chi connectivity index (χ4n) is 3.06. The van der Waals surface area contributed by atoms with Crippen molar-refractivity contribution in [2.75, 3.05) is 0 Å². The van der Waals surface area contributed by atoms with Crippen molar-refractivity contribution in [1.82, 2.24) is 15.2 Å². The van der Waals surface area contributed by atoms with Crippen LogP contribution in [-0.4, -0.2) is 28.0 Å². The molecule has 0 bridgehead atoms. The average molecular weight is 398 g/mol. The van der Waals surface area contributed by atoms with E-state index < -0.39 is 6.10 Å². The molecule has 0 aliphatic carbocycles. The van der Waals surface area contributed by atoms with E-state index in [1.807, 2.05) is 83.7 Å². The van der Waals surface area contributed by atoms with Crippen LogP contribution >= 0.6 is 0 Å². The number of hydrogen-bond acceptors (Lipinski definition) is 4. The second kappa shape index (κ2) is 9.05. The number of hydrazone groups is 1. The van der Waals surface area contributed by atoms with E-state index in [1.54, 1.807) is 19.3 Å². The summed E-state index contributed by atoms with van der Waals surface area (Å²) < 4.78 is 7.58. The highest BCUT2D eigenvalue weighted by Gasteiger charge is 2.14. The van der Waals surface area contributed by atoms with Gasteiger partial charge in [-0.25, -0.2) is 5.43 Å². The number of aromatic nitrogens is 2. The molecule has 30 heavy (non-hydrogen) atoms. The lowest BCUT2D eigenvalue weighted by atomic mass is 10.1. The van der Waals surface area contributed by atoms with Crippen molar-refractivity contribution >= 4 is 22.9 Å². The highest BCUT2D eigenvalue weighted by atomic mass is 16.5. The van der Waals surface area contributed by atoms with Crippen molar-refractivity contribution in [2.45, 2.75) is 19.6 Å². The number of carbonyl (C=O) groups excluding carboxylic acids is 1. The molecule has 1 N–H and O–H groups in total. The third-order valence-corrected chi connectivity index (χ3v) is 4.63. The van der Waals surface area contributed by atoms with Crippen LogP contribution in [0.4, 0.5) is 0 Å². The zero-order valence-corrected chi connectivity index (χ0v) is 16.6. The summed E-state index contributed by atoms with van der Waals surface area (Å²) in [7, 11) is 0. The van der Waals surface area contributed by atoms with Gasteiger partial charge in [-0.3, -0.25) is 9.48 Å². The molecule has 0 aliphatic rings. The highest BCUT2D eigenvalue weighted by molar-refractivity contribution is 5.85. The lowest BCUT2D eigenvalue weighted by Gasteiger charge is -2.13. The van der Waals surface area contributed by atoms with E-state index in [4.69, 9.17) is 4.74 Å². The number of fused-ring (bicyclic) bond motifs is 1. The van der Waals surface area contributed by atoms with Gasteiger partial charge in [-0.05, 0) is 35.4 Å². The van der Waals surface area contributed by atoms with Gasteiger partial charge in [0.2, 0.25) is 0 Å². The largest absolute Gasteiger partial charge is 0.481 e. The van der Waals surface area contributed by atoms with E-state index >= 15 is 0 Å². The third-order valence-electron chi connectivity index (χ3n) is 4.63. The molecule has 0 unspecified atom stereocenters. The molecule has 1 amide bonds.